The van der Waals surface area contributed by atoms with E-state index >= 15 is 0 Å². The van der Waals surface area contributed by atoms with E-state index in [2.05, 4.69) is 39.5 Å². The van der Waals surface area contributed by atoms with Crippen LogP contribution in [-0.2, 0) is 0 Å². The van der Waals surface area contributed by atoms with Crippen molar-refractivity contribution in [1.29, 1.82) is 0 Å². The first-order chi connectivity index (χ1) is 5.36. The normalized spacial score (nSPS) is 22.5. The van der Waals surface area contributed by atoms with Crippen LogP contribution in [-0.4, -0.2) is 6.54 Å². The maximum Gasteiger partial charge on any atom is 0.0185 e. The van der Waals surface area contributed by atoms with Gasteiger partial charge in [-0.1, -0.05) is 28.1 Å². The lowest BCUT2D eigenvalue weighted by atomic mass is 10.2. The molecule has 1 aliphatic carbocycles. The molecule has 0 unspecified atom stereocenters. The first kappa shape index (κ1) is 7.17. The summed E-state index contributed by atoms with van der Waals surface area (Å²) in [6.45, 7) is 1.11. The predicted molar refractivity (Wildman–Crippen MR) is 50.4 cm³/mol. The van der Waals surface area contributed by atoms with E-state index in [1.165, 1.54) is 22.2 Å². The van der Waals surface area contributed by atoms with E-state index in [0.29, 0.717) is 0 Å². The third-order valence-corrected chi connectivity index (χ3v) is 2.52. The number of hydrogen-bond acceptors (Lipinski definition) is 1. The smallest absolute Gasteiger partial charge is 0.0185 e. The van der Waals surface area contributed by atoms with Crippen LogP contribution in [0.25, 0.3) is 0 Å². The minimum Gasteiger partial charge on any atom is -0.388 e. The first-order valence-corrected chi connectivity index (χ1v) is 4.65. The second kappa shape index (κ2) is 2.86. The Morgan fingerprint density at radius 2 is 2.36 bits per heavy atom. The van der Waals surface area contributed by atoms with Gasteiger partial charge in [0.05, 0.1) is 0 Å². The van der Waals surface area contributed by atoms with E-state index in [1.807, 2.05) is 0 Å². The summed E-state index contributed by atoms with van der Waals surface area (Å²) in [5.74, 6) is 0. The van der Waals surface area contributed by atoms with Crippen LogP contribution in [0, 0.1) is 0 Å². The van der Waals surface area contributed by atoms with Crippen LogP contribution in [0.15, 0.2) is 34.0 Å². The molecule has 0 atom stereocenters. The van der Waals surface area contributed by atoms with Crippen LogP contribution >= 0.6 is 15.9 Å². The molecule has 1 heterocycles. The number of allylic oxidation sites excluding steroid dienone is 4. The maximum absolute atomic E-state index is 3.49. The van der Waals surface area contributed by atoms with Crippen molar-refractivity contribution in [3.05, 3.63) is 34.0 Å². The summed E-state index contributed by atoms with van der Waals surface area (Å²) >= 11 is 3.49. The van der Waals surface area contributed by atoms with E-state index in [9.17, 15) is 0 Å². The molecule has 2 rings (SSSR count). The van der Waals surface area contributed by atoms with Crippen LogP contribution < -0.4 is 5.32 Å². The molecule has 0 spiro atoms. The van der Waals surface area contributed by atoms with Crippen molar-refractivity contribution in [2.45, 2.75) is 12.8 Å². The second-order valence-electron chi connectivity index (χ2n) is 2.82. The molecule has 1 nitrogen and oxygen atoms in total. The van der Waals surface area contributed by atoms with Gasteiger partial charge < -0.3 is 5.32 Å². The van der Waals surface area contributed by atoms with Gasteiger partial charge in [-0.15, -0.1) is 0 Å². The Bertz CT molecular complexity index is 261. The van der Waals surface area contributed by atoms with E-state index in [-0.39, 0.29) is 0 Å². The standard InChI is InChI=1S/C9H10BrN/c10-8-2-1-3-9-7(6-8)4-5-11-9/h1-2,6,11H,3-5H2. The lowest BCUT2D eigenvalue weighted by Crippen LogP contribution is -2.06. The van der Waals surface area contributed by atoms with Gasteiger partial charge in [0.25, 0.3) is 0 Å². The molecule has 2 heteroatoms. The third-order valence-electron chi connectivity index (χ3n) is 2.03. The highest BCUT2D eigenvalue weighted by Gasteiger charge is 2.12. The fourth-order valence-corrected chi connectivity index (χ4v) is 1.94. The minimum atomic E-state index is 1.06. The quantitative estimate of drug-likeness (QED) is 0.650. The van der Waals surface area contributed by atoms with Gasteiger partial charge in [0.1, 0.15) is 0 Å². The van der Waals surface area contributed by atoms with Gasteiger partial charge in [0.15, 0.2) is 0 Å². The molecule has 2 aliphatic rings. The van der Waals surface area contributed by atoms with Gasteiger partial charge in [-0.3, -0.25) is 0 Å². The SMILES string of the molecule is BrC1=CC2=C(CC=C1)NCC2. The molecule has 1 aliphatic heterocycles. The summed E-state index contributed by atoms with van der Waals surface area (Å²) in [5, 5.41) is 3.38. The summed E-state index contributed by atoms with van der Waals surface area (Å²) in [6.07, 6.45) is 8.73. The van der Waals surface area contributed by atoms with Crippen LogP contribution in [0.2, 0.25) is 0 Å². The lowest BCUT2D eigenvalue weighted by Gasteiger charge is -1.98. The number of halogens is 1. The molecule has 0 aromatic heterocycles. The molecule has 0 radical (unpaired) electrons. The summed E-state index contributed by atoms with van der Waals surface area (Å²) in [7, 11) is 0. The molecule has 0 aromatic rings. The Labute approximate surface area is 75.0 Å². The average Bonchev–Trinajstić information content (AvgIpc) is 2.31. The lowest BCUT2D eigenvalue weighted by molar-refractivity contribution is 0.854. The van der Waals surface area contributed by atoms with E-state index in [0.717, 1.165) is 13.0 Å². The summed E-state index contributed by atoms with van der Waals surface area (Å²) in [4.78, 5) is 0. The first-order valence-electron chi connectivity index (χ1n) is 3.86. The van der Waals surface area contributed by atoms with E-state index in [4.69, 9.17) is 0 Å². The van der Waals surface area contributed by atoms with Crippen molar-refractivity contribution >= 4 is 15.9 Å². The van der Waals surface area contributed by atoms with Crippen molar-refractivity contribution in [2.75, 3.05) is 6.54 Å². The Morgan fingerprint density at radius 3 is 3.27 bits per heavy atom. The van der Waals surface area contributed by atoms with Crippen LogP contribution in [0.4, 0.5) is 0 Å². The van der Waals surface area contributed by atoms with Crippen molar-refractivity contribution < 1.29 is 0 Å². The Kier molecular flexibility index (Phi) is 1.86. The minimum absolute atomic E-state index is 1.06. The second-order valence-corrected chi connectivity index (χ2v) is 3.73. The number of rotatable bonds is 0. The highest BCUT2D eigenvalue weighted by Crippen LogP contribution is 2.24. The molecule has 58 valence electrons. The fraction of sp³-hybridized carbons (Fsp3) is 0.333. The zero-order chi connectivity index (χ0) is 7.68. The molecule has 0 fully saturated rings. The van der Waals surface area contributed by atoms with Crippen molar-refractivity contribution in [3.8, 4) is 0 Å². The number of hydrogen-bond donors (Lipinski definition) is 1. The summed E-state index contributed by atoms with van der Waals surface area (Å²) in [6, 6.07) is 0. The predicted octanol–water partition coefficient (Wildman–Crippen LogP) is 2.47. The molecule has 0 saturated heterocycles. The monoisotopic (exact) mass is 211 g/mol. The Hall–Kier alpha value is -0.500. The zero-order valence-electron chi connectivity index (χ0n) is 6.23. The highest BCUT2D eigenvalue weighted by atomic mass is 79.9. The molecule has 0 aromatic carbocycles. The fourth-order valence-electron chi connectivity index (χ4n) is 1.48. The highest BCUT2D eigenvalue weighted by molar-refractivity contribution is 9.11. The van der Waals surface area contributed by atoms with Crippen molar-refractivity contribution in [1.82, 2.24) is 5.32 Å². The van der Waals surface area contributed by atoms with Gasteiger partial charge >= 0.3 is 0 Å². The molecule has 0 amide bonds. The molecular weight excluding hydrogens is 202 g/mol. The Morgan fingerprint density at radius 1 is 1.45 bits per heavy atom. The van der Waals surface area contributed by atoms with Crippen LogP contribution in [0.1, 0.15) is 12.8 Å². The zero-order valence-corrected chi connectivity index (χ0v) is 7.82. The van der Waals surface area contributed by atoms with Gasteiger partial charge in [-0.25, -0.2) is 0 Å². The van der Waals surface area contributed by atoms with Gasteiger partial charge in [-0.05, 0) is 18.1 Å². The van der Waals surface area contributed by atoms with E-state index < -0.39 is 0 Å². The molecule has 11 heavy (non-hydrogen) atoms. The molecule has 1 N–H and O–H groups in total. The summed E-state index contributed by atoms with van der Waals surface area (Å²) in [5.41, 5.74) is 2.86. The maximum atomic E-state index is 3.49. The number of nitrogens with one attached hydrogen (secondary N) is 1. The summed E-state index contributed by atoms with van der Waals surface area (Å²) < 4.78 is 1.19. The topological polar surface area (TPSA) is 12.0 Å². The van der Waals surface area contributed by atoms with Crippen molar-refractivity contribution in [3.63, 3.8) is 0 Å². The van der Waals surface area contributed by atoms with E-state index in [1.54, 1.807) is 0 Å². The van der Waals surface area contributed by atoms with Crippen LogP contribution in [0.3, 0.4) is 0 Å². The van der Waals surface area contributed by atoms with Gasteiger partial charge in [0, 0.05) is 23.1 Å². The molecule has 0 saturated carbocycles. The average molecular weight is 212 g/mol. The largest absolute Gasteiger partial charge is 0.388 e. The Balaban J connectivity index is 2.34. The third kappa shape index (κ3) is 1.41. The van der Waals surface area contributed by atoms with Crippen molar-refractivity contribution in [2.24, 2.45) is 0 Å². The van der Waals surface area contributed by atoms with Gasteiger partial charge in [-0.2, -0.15) is 0 Å². The molecule has 0 bridgehead atoms. The molecular formula is C9H10BrN. The van der Waals surface area contributed by atoms with Crippen LogP contribution in [0.5, 0.6) is 0 Å². The van der Waals surface area contributed by atoms with Gasteiger partial charge in [0.2, 0.25) is 0 Å².